The number of benzene rings is 2. The Labute approximate surface area is 235 Å². The van der Waals surface area contributed by atoms with Gasteiger partial charge in [-0.25, -0.2) is 4.39 Å². The average Bonchev–Trinajstić information content (AvgIpc) is 2.89. The van der Waals surface area contributed by atoms with Gasteiger partial charge in [-0.15, -0.1) is 0 Å². The molecular weight excluding hydrogens is 523 g/mol. The van der Waals surface area contributed by atoms with Crippen LogP contribution in [0.15, 0.2) is 30.3 Å². The van der Waals surface area contributed by atoms with E-state index in [4.69, 9.17) is 16.3 Å². The van der Waals surface area contributed by atoms with Crippen LogP contribution in [0.25, 0.3) is 0 Å². The quantitative estimate of drug-likeness (QED) is 0.180. The van der Waals surface area contributed by atoms with E-state index in [-0.39, 0.29) is 36.0 Å². The van der Waals surface area contributed by atoms with Crippen molar-refractivity contribution in [1.29, 1.82) is 0 Å². The summed E-state index contributed by atoms with van der Waals surface area (Å²) < 4.78 is 19.1. The number of carbonyl (C=O) groups is 2. The molecule has 0 aliphatic carbocycles. The Kier molecular flexibility index (Phi) is 12.3. The van der Waals surface area contributed by atoms with Gasteiger partial charge in [-0.3, -0.25) is 9.59 Å². The summed E-state index contributed by atoms with van der Waals surface area (Å²) in [5.41, 5.74) is 2.04. The summed E-state index contributed by atoms with van der Waals surface area (Å²) in [6, 6.07) is 8.02. The van der Waals surface area contributed by atoms with E-state index in [2.05, 4.69) is 29.8 Å². The predicted octanol–water partition coefficient (Wildman–Crippen LogP) is 4.28. The van der Waals surface area contributed by atoms with Crippen LogP contribution in [0.1, 0.15) is 50.7 Å². The topological polar surface area (TPSA) is 103 Å². The smallest absolute Gasteiger partial charge is 0.262 e. The molecule has 10 heteroatoms. The molecule has 39 heavy (non-hydrogen) atoms. The van der Waals surface area contributed by atoms with Gasteiger partial charge < -0.3 is 30.7 Å². The van der Waals surface area contributed by atoms with Crippen molar-refractivity contribution in [3.05, 3.63) is 52.3 Å². The Morgan fingerprint density at radius 3 is 2.72 bits per heavy atom. The summed E-state index contributed by atoms with van der Waals surface area (Å²) in [6.45, 7) is 7.27. The molecule has 0 radical (unpaired) electrons. The van der Waals surface area contributed by atoms with Crippen LogP contribution in [0.4, 0.5) is 10.1 Å². The molecule has 0 saturated heterocycles. The molecule has 3 rings (SSSR count). The lowest BCUT2D eigenvalue weighted by atomic mass is 10.1. The fourth-order valence-corrected chi connectivity index (χ4v) is 4.90. The van der Waals surface area contributed by atoms with Crippen LogP contribution in [0.3, 0.4) is 0 Å². The van der Waals surface area contributed by atoms with Gasteiger partial charge in [0.2, 0.25) is 5.91 Å². The van der Waals surface area contributed by atoms with Gasteiger partial charge >= 0.3 is 0 Å². The second-order valence-electron chi connectivity index (χ2n) is 9.89. The van der Waals surface area contributed by atoms with E-state index in [1.54, 1.807) is 18.2 Å². The molecule has 2 aromatic carbocycles. The summed E-state index contributed by atoms with van der Waals surface area (Å²) in [5.74, 6) is -0.0327. The van der Waals surface area contributed by atoms with Crippen molar-refractivity contribution in [3.8, 4) is 11.5 Å². The van der Waals surface area contributed by atoms with Gasteiger partial charge in [-0.2, -0.15) is 0 Å². The number of nitrogens with zero attached hydrogens (tertiary/aromatic N) is 1. The van der Waals surface area contributed by atoms with Gasteiger partial charge in [0.05, 0.1) is 0 Å². The summed E-state index contributed by atoms with van der Waals surface area (Å²) in [5, 5.41) is 19.8. The van der Waals surface area contributed by atoms with Crippen molar-refractivity contribution in [2.24, 2.45) is 0 Å². The highest BCUT2D eigenvalue weighted by Crippen LogP contribution is 2.39. The molecule has 0 saturated carbocycles. The lowest BCUT2D eigenvalue weighted by Crippen LogP contribution is -2.43. The van der Waals surface area contributed by atoms with E-state index < -0.39 is 0 Å². The first-order valence-corrected chi connectivity index (χ1v) is 14.1. The maximum Gasteiger partial charge on any atom is 0.262 e. The fourth-order valence-electron chi connectivity index (χ4n) is 4.66. The third-order valence-corrected chi connectivity index (χ3v) is 7.00. The molecule has 214 valence electrons. The number of aromatic hydroxyl groups is 1. The molecule has 1 aliphatic rings. The number of phenols is 1. The van der Waals surface area contributed by atoms with Crippen LogP contribution in [0, 0.1) is 5.82 Å². The van der Waals surface area contributed by atoms with Gasteiger partial charge in [-0.05, 0) is 74.7 Å². The maximum absolute atomic E-state index is 13.5. The van der Waals surface area contributed by atoms with Crippen LogP contribution >= 0.6 is 11.6 Å². The highest BCUT2D eigenvalue weighted by molar-refractivity contribution is 6.30. The summed E-state index contributed by atoms with van der Waals surface area (Å²) in [4.78, 5) is 26.6. The van der Waals surface area contributed by atoms with Crippen LogP contribution in [-0.2, 0) is 22.4 Å². The zero-order valence-corrected chi connectivity index (χ0v) is 23.6. The van der Waals surface area contributed by atoms with Gasteiger partial charge in [0.25, 0.3) is 5.91 Å². The van der Waals surface area contributed by atoms with E-state index in [9.17, 15) is 19.1 Å². The number of unbranched alkanes of at least 4 members (excludes halogenated alkanes) is 1. The molecule has 0 spiro atoms. The van der Waals surface area contributed by atoms with Crippen molar-refractivity contribution in [2.45, 2.75) is 58.4 Å². The number of ether oxygens (including phenoxy) is 1. The number of nitrogens with one attached hydrogen (secondary N) is 3. The van der Waals surface area contributed by atoms with Crippen molar-refractivity contribution in [3.63, 3.8) is 0 Å². The normalized spacial score (nSPS) is 13.4. The Balaban J connectivity index is 1.43. The molecule has 8 nitrogen and oxygen atoms in total. The third-order valence-electron chi connectivity index (χ3n) is 6.79. The molecule has 2 amide bonds. The van der Waals surface area contributed by atoms with E-state index in [0.29, 0.717) is 68.4 Å². The Bertz CT molecular complexity index is 1100. The Morgan fingerprint density at radius 1 is 1.18 bits per heavy atom. The highest BCUT2D eigenvalue weighted by atomic mass is 35.5. The minimum atomic E-state index is -0.345. The number of hydrogen-bond acceptors (Lipinski definition) is 6. The maximum atomic E-state index is 13.5. The van der Waals surface area contributed by atoms with Gasteiger partial charge in [-0.1, -0.05) is 37.4 Å². The standard InChI is InChI=1S/C29H40ClFN4O4/c1-3-4-5-20(2)35(27(38)10-13-32-11-8-21-16-23(30)18-24(31)17-21)15-14-33-12-9-22-6-7-25(36)28-29(22)39-19-26(37)34-28/h6-7,16-18,20,32-33,36H,3-5,8-15,19H2,1-2H3,(H,34,37)/t20-/m1/s1. The Morgan fingerprint density at radius 2 is 1.95 bits per heavy atom. The van der Waals surface area contributed by atoms with E-state index in [1.807, 2.05) is 4.90 Å². The number of rotatable bonds is 16. The lowest BCUT2D eigenvalue weighted by molar-refractivity contribution is -0.133. The van der Waals surface area contributed by atoms with Crippen LogP contribution in [0.5, 0.6) is 11.5 Å². The molecule has 0 unspecified atom stereocenters. The first-order valence-electron chi connectivity index (χ1n) is 13.7. The van der Waals surface area contributed by atoms with Crippen molar-refractivity contribution in [1.82, 2.24) is 15.5 Å². The summed E-state index contributed by atoms with van der Waals surface area (Å²) in [7, 11) is 0. The molecule has 0 bridgehead atoms. The number of anilines is 1. The van der Waals surface area contributed by atoms with E-state index >= 15 is 0 Å². The molecule has 0 aromatic heterocycles. The number of fused-ring (bicyclic) bond motifs is 1. The SMILES string of the molecule is CCCC[C@@H](C)N(CCNCCc1ccc(O)c2c1OCC(=O)N2)C(=O)CCNCCc1cc(F)cc(Cl)c1. The van der Waals surface area contributed by atoms with Gasteiger partial charge in [0, 0.05) is 37.1 Å². The molecule has 1 heterocycles. The lowest BCUT2D eigenvalue weighted by Gasteiger charge is -2.30. The monoisotopic (exact) mass is 562 g/mol. The summed E-state index contributed by atoms with van der Waals surface area (Å²) >= 11 is 5.92. The number of hydrogen-bond donors (Lipinski definition) is 4. The first kappa shape index (κ1) is 30.7. The van der Waals surface area contributed by atoms with Crippen LogP contribution in [-0.4, -0.2) is 67.2 Å². The molecule has 0 fully saturated rings. The molecule has 1 aliphatic heterocycles. The van der Waals surface area contributed by atoms with Crippen molar-refractivity contribution >= 4 is 29.1 Å². The van der Waals surface area contributed by atoms with E-state index in [1.165, 1.54) is 12.1 Å². The second kappa shape index (κ2) is 15.6. The fraction of sp³-hybridized carbons (Fsp3) is 0.517. The summed E-state index contributed by atoms with van der Waals surface area (Å²) in [6.07, 6.45) is 4.78. The molecule has 4 N–H and O–H groups in total. The number of carbonyl (C=O) groups excluding carboxylic acids is 2. The van der Waals surface area contributed by atoms with Crippen LogP contribution < -0.4 is 20.7 Å². The minimum Gasteiger partial charge on any atom is -0.506 e. The molecular formula is C29H40ClFN4O4. The number of amides is 2. The average molecular weight is 563 g/mol. The second-order valence-corrected chi connectivity index (χ2v) is 10.3. The van der Waals surface area contributed by atoms with Crippen molar-refractivity contribution in [2.75, 3.05) is 44.6 Å². The highest BCUT2D eigenvalue weighted by Gasteiger charge is 2.22. The van der Waals surface area contributed by atoms with Crippen LogP contribution in [0.2, 0.25) is 5.02 Å². The van der Waals surface area contributed by atoms with Gasteiger partial charge in [0.1, 0.15) is 17.3 Å². The number of phenolic OH excluding ortho intramolecular Hbond substituents is 1. The predicted molar refractivity (Wildman–Crippen MR) is 152 cm³/mol. The third kappa shape index (κ3) is 9.67. The van der Waals surface area contributed by atoms with E-state index in [0.717, 1.165) is 30.4 Å². The molecule has 2 aromatic rings. The van der Waals surface area contributed by atoms with Crippen molar-refractivity contribution < 1.29 is 23.8 Å². The number of halogens is 2. The molecule has 1 atom stereocenters. The zero-order valence-electron chi connectivity index (χ0n) is 22.8. The first-order chi connectivity index (χ1) is 18.8. The Hall–Kier alpha value is -2.88. The zero-order chi connectivity index (χ0) is 28.2. The van der Waals surface area contributed by atoms with Gasteiger partial charge in [0.15, 0.2) is 12.4 Å². The minimum absolute atomic E-state index is 0.0159. The largest absolute Gasteiger partial charge is 0.506 e.